The average molecular weight is 292 g/mol. The summed E-state index contributed by atoms with van der Waals surface area (Å²) in [5.41, 5.74) is 1.06. The van der Waals surface area contributed by atoms with Crippen molar-refractivity contribution in [1.29, 1.82) is 0 Å². The van der Waals surface area contributed by atoms with Gasteiger partial charge in [-0.05, 0) is 24.6 Å². The van der Waals surface area contributed by atoms with Crippen molar-refractivity contribution >= 4 is 12.0 Å². The molecule has 2 aromatic heterocycles. The summed E-state index contributed by atoms with van der Waals surface area (Å²) in [5, 5.41) is 18.0. The van der Waals surface area contributed by atoms with E-state index in [2.05, 4.69) is 15.7 Å². The molecular weight excluding hydrogens is 276 g/mol. The molecule has 0 fully saturated rings. The van der Waals surface area contributed by atoms with Gasteiger partial charge in [-0.1, -0.05) is 0 Å². The molecule has 0 aliphatic carbocycles. The Hall–Kier alpha value is -2.77. The zero-order valence-corrected chi connectivity index (χ0v) is 11.5. The monoisotopic (exact) mass is 292 g/mol. The number of urea groups is 1. The molecular formula is C13H16N4O4. The van der Waals surface area contributed by atoms with Crippen LogP contribution in [0, 0.1) is 6.92 Å². The second kappa shape index (κ2) is 6.60. The number of aromatic carboxylic acids is 1. The Morgan fingerprint density at radius 2 is 2.19 bits per heavy atom. The molecule has 0 bridgehead atoms. The Labute approximate surface area is 120 Å². The highest BCUT2D eigenvalue weighted by Gasteiger charge is 2.09. The van der Waals surface area contributed by atoms with E-state index in [1.165, 1.54) is 12.1 Å². The van der Waals surface area contributed by atoms with E-state index in [-0.39, 0.29) is 18.3 Å². The van der Waals surface area contributed by atoms with Crippen molar-refractivity contribution in [2.24, 2.45) is 0 Å². The van der Waals surface area contributed by atoms with Gasteiger partial charge in [0.1, 0.15) is 5.76 Å². The van der Waals surface area contributed by atoms with Gasteiger partial charge in [-0.3, -0.25) is 4.68 Å². The number of aromatic nitrogens is 2. The van der Waals surface area contributed by atoms with Crippen molar-refractivity contribution in [3.8, 4) is 0 Å². The number of hydrogen-bond donors (Lipinski definition) is 3. The first-order valence-electron chi connectivity index (χ1n) is 6.37. The molecule has 2 amide bonds. The van der Waals surface area contributed by atoms with Gasteiger partial charge in [0.05, 0.1) is 19.3 Å². The van der Waals surface area contributed by atoms with Gasteiger partial charge in [-0.15, -0.1) is 0 Å². The number of nitrogens with zero attached hydrogens (tertiary/aromatic N) is 2. The number of rotatable bonds is 6. The van der Waals surface area contributed by atoms with E-state index in [0.717, 1.165) is 5.56 Å². The number of aryl methyl sites for hydroxylation is 1. The molecule has 0 aromatic carbocycles. The minimum absolute atomic E-state index is 0.125. The predicted octanol–water partition coefficient (Wildman–Crippen LogP) is 0.982. The summed E-state index contributed by atoms with van der Waals surface area (Å²) in [6.07, 6.45) is 3.63. The van der Waals surface area contributed by atoms with E-state index in [9.17, 15) is 9.59 Å². The van der Waals surface area contributed by atoms with Gasteiger partial charge in [-0.25, -0.2) is 9.59 Å². The van der Waals surface area contributed by atoms with Gasteiger partial charge in [0, 0.05) is 12.7 Å². The first-order valence-corrected chi connectivity index (χ1v) is 6.37. The lowest BCUT2D eigenvalue weighted by molar-refractivity contribution is 0.0660. The summed E-state index contributed by atoms with van der Waals surface area (Å²) in [4.78, 5) is 22.2. The van der Waals surface area contributed by atoms with Crippen LogP contribution in [-0.4, -0.2) is 33.4 Å². The summed E-state index contributed by atoms with van der Waals surface area (Å²) in [7, 11) is 0. The van der Waals surface area contributed by atoms with Crippen LogP contribution in [0.1, 0.15) is 21.9 Å². The molecule has 0 saturated heterocycles. The topological polar surface area (TPSA) is 109 Å². The molecule has 3 N–H and O–H groups in total. The van der Waals surface area contributed by atoms with Crippen molar-refractivity contribution in [2.75, 3.05) is 6.54 Å². The smallest absolute Gasteiger partial charge is 0.371 e. The number of furan rings is 1. The third kappa shape index (κ3) is 4.37. The van der Waals surface area contributed by atoms with Crippen LogP contribution in [0.4, 0.5) is 4.79 Å². The van der Waals surface area contributed by atoms with Crippen molar-refractivity contribution in [3.63, 3.8) is 0 Å². The van der Waals surface area contributed by atoms with Crippen molar-refractivity contribution in [1.82, 2.24) is 20.4 Å². The van der Waals surface area contributed by atoms with E-state index in [4.69, 9.17) is 9.52 Å². The number of nitrogens with one attached hydrogen (secondary N) is 2. The molecule has 0 aliphatic heterocycles. The van der Waals surface area contributed by atoms with Crippen molar-refractivity contribution in [3.05, 3.63) is 41.6 Å². The van der Waals surface area contributed by atoms with Crippen molar-refractivity contribution < 1.29 is 19.1 Å². The Morgan fingerprint density at radius 1 is 1.38 bits per heavy atom. The Morgan fingerprint density at radius 3 is 2.81 bits per heavy atom. The van der Waals surface area contributed by atoms with Gasteiger partial charge < -0.3 is 20.2 Å². The number of carbonyl (C=O) groups excluding carboxylic acids is 1. The maximum absolute atomic E-state index is 11.5. The normalized spacial score (nSPS) is 10.3. The lowest BCUT2D eigenvalue weighted by atomic mass is 10.4. The second-order valence-electron chi connectivity index (χ2n) is 4.46. The molecule has 8 heteroatoms. The van der Waals surface area contributed by atoms with Gasteiger partial charge >= 0.3 is 12.0 Å². The number of hydrogen-bond acceptors (Lipinski definition) is 4. The summed E-state index contributed by atoms with van der Waals surface area (Å²) in [5.74, 6) is -0.910. The van der Waals surface area contributed by atoms with Gasteiger partial charge in [0.25, 0.3) is 0 Å². The maximum Gasteiger partial charge on any atom is 0.371 e. The highest BCUT2D eigenvalue weighted by Crippen LogP contribution is 2.07. The van der Waals surface area contributed by atoms with Crippen LogP contribution < -0.4 is 10.6 Å². The fraction of sp³-hybridized carbons (Fsp3) is 0.308. The van der Waals surface area contributed by atoms with Crippen LogP contribution in [0.2, 0.25) is 0 Å². The summed E-state index contributed by atoms with van der Waals surface area (Å²) >= 11 is 0. The molecule has 0 atom stereocenters. The fourth-order valence-corrected chi connectivity index (χ4v) is 1.69. The van der Waals surface area contributed by atoms with Crippen LogP contribution in [0.5, 0.6) is 0 Å². The van der Waals surface area contributed by atoms with E-state index in [1.54, 1.807) is 10.9 Å². The average Bonchev–Trinajstić information content (AvgIpc) is 3.05. The Kier molecular flexibility index (Phi) is 4.60. The first kappa shape index (κ1) is 14.6. The minimum Gasteiger partial charge on any atom is -0.475 e. The van der Waals surface area contributed by atoms with Gasteiger partial charge in [-0.2, -0.15) is 5.10 Å². The molecule has 112 valence electrons. The lowest BCUT2D eigenvalue weighted by Crippen LogP contribution is -2.36. The molecule has 0 radical (unpaired) electrons. The lowest BCUT2D eigenvalue weighted by Gasteiger charge is -2.06. The number of carboxylic acids is 1. The van der Waals surface area contributed by atoms with E-state index < -0.39 is 5.97 Å². The fourth-order valence-electron chi connectivity index (χ4n) is 1.69. The zero-order chi connectivity index (χ0) is 15.2. The molecule has 2 heterocycles. The molecule has 2 aromatic rings. The van der Waals surface area contributed by atoms with Gasteiger partial charge in [0.15, 0.2) is 0 Å². The van der Waals surface area contributed by atoms with Crippen LogP contribution in [-0.2, 0) is 13.1 Å². The SMILES string of the molecule is Cc1cnn(CCNC(=O)NCc2ccc(C(=O)O)o2)c1. The molecule has 8 nitrogen and oxygen atoms in total. The summed E-state index contributed by atoms with van der Waals surface area (Å²) in [6, 6.07) is 2.50. The Bertz CT molecular complexity index is 632. The van der Waals surface area contributed by atoms with Crippen LogP contribution >= 0.6 is 0 Å². The van der Waals surface area contributed by atoms with E-state index in [1.807, 2.05) is 13.1 Å². The van der Waals surface area contributed by atoms with E-state index in [0.29, 0.717) is 18.8 Å². The third-order valence-corrected chi connectivity index (χ3v) is 2.68. The Balaban J connectivity index is 1.68. The number of carboxylic acid groups (broad SMARTS) is 1. The van der Waals surface area contributed by atoms with Gasteiger partial charge in [0.2, 0.25) is 5.76 Å². The molecule has 2 rings (SSSR count). The highest BCUT2D eigenvalue weighted by molar-refractivity contribution is 5.84. The zero-order valence-electron chi connectivity index (χ0n) is 11.5. The summed E-state index contributed by atoms with van der Waals surface area (Å²) in [6.45, 7) is 3.08. The number of carbonyl (C=O) groups is 2. The first-order chi connectivity index (χ1) is 10.0. The quantitative estimate of drug-likeness (QED) is 0.735. The van der Waals surface area contributed by atoms with Crippen LogP contribution in [0.25, 0.3) is 0 Å². The largest absolute Gasteiger partial charge is 0.475 e. The summed E-state index contributed by atoms with van der Waals surface area (Å²) < 4.78 is 6.75. The van der Waals surface area contributed by atoms with E-state index >= 15 is 0 Å². The standard InChI is InChI=1S/C13H16N4O4/c1-9-6-16-17(8-9)5-4-14-13(20)15-7-10-2-3-11(21-10)12(18)19/h2-3,6,8H,4-5,7H2,1H3,(H,18,19)(H2,14,15,20). The minimum atomic E-state index is -1.14. The molecule has 0 unspecified atom stereocenters. The molecule has 21 heavy (non-hydrogen) atoms. The van der Waals surface area contributed by atoms with Crippen LogP contribution in [0.15, 0.2) is 28.9 Å². The highest BCUT2D eigenvalue weighted by atomic mass is 16.4. The number of amides is 2. The van der Waals surface area contributed by atoms with Crippen molar-refractivity contribution in [2.45, 2.75) is 20.0 Å². The second-order valence-corrected chi connectivity index (χ2v) is 4.46. The predicted molar refractivity (Wildman–Crippen MR) is 72.9 cm³/mol. The van der Waals surface area contributed by atoms with Crippen LogP contribution in [0.3, 0.4) is 0 Å². The molecule has 0 spiro atoms. The third-order valence-electron chi connectivity index (χ3n) is 2.68. The molecule has 0 saturated carbocycles. The maximum atomic E-state index is 11.5. The molecule has 0 aliphatic rings.